The Labute approximate surface area is 156 Å². The molecule has 2 aliphatic rings. The van der Waals surface area contributed by atoms with Crippen LogP contribution in [0.5, 0.6) is 0 Å². The predicted octanol–water partition coefficient (Wildman–Crippen LogP) is 3.00. The summed E-state index contributed by atoms with van der Waals surface area (Å²) in [6, 6.07) is 0. The summed E-state index contributed by atoms with van der Waals surface area (Å²) in [5.41, 5.74) is 0.206. The van der Waals surface area contributed by atoms with Crippen molar-refractivity contribution in [2.24, 2.45) is 5.92 Å². The van der Waals surface area contributed by atoms with E-state index in [0.29, 0.717) is 4.91 Å². The SMILES string of the molecule is COC(=O)C1=C(C)SS(=O)[C@@H]2[C@H]([C@@H](C)O[Si](C)(C)C(C)(C)C)C(=O)N12. The minimum Gasteiger partial charge on any atom is -0.464 e. The van der Waals surface area contributed by atoms with Gasteiger partial charge in [-0.1, -0.05) is 20.8 Å². The van der Waals surface area contributed by atoms with Gasteiger partial charge in [0.05, 0.1) is 19.1 Å². The number of ether oxygens (including phenoxy) is 1. The molecule has 0 saturated carbocycles. The number of hydrogen-bond donors (Lipinski definition) is 0. The van der Waals surface area contributed by atoms with Gasteiger partial charge in [-0.3, -0.25) is 9.69 Å². The molecule has 2 aliphatic heterocycles. The lowest BCUT2D eigenvalue weighted by Crippen LogP contribution is -2.67. The van der Waals surface area contributed by atoms with Crippen LogP contribution in [-0.4, -0.2) is 47.9 Å². The molecule has 0 N–H and O–H groups in total. The smallest absolute Gasteiger partial charge is 0.355 e. The molecule has 0 radical (unpaired) electrons. The van der Waals surface area contributed by atoms with Crippen molar-refractivity contribution in [3.05, 3.63) is 10.6 Å². The van der Waals surface area contributed by atoms with Crippen molar-refractivity contribution in [1.29, 1.82) is 0 Å². The first kappa shape index (κ1) is 20.7. The number of carbonyl (C=O) groups excluding carboxylic acids is 2. The van der Waals surface area contributed by atoms with Crippen molar-refractivity contribution in [1.82, 2.24) is 4.90 Å². The number of β-lactam (4-membered cyclic amide) rings is 1. The molecule has 2 rings (SSSR count). The highest BCUT2D eigenvalue weighted by Gasteiger charge is 2.59. The molecule has 6 nitrogen and oxygen atoms in total. The van der Waals surface area contributed by atoms with Crippen molar-refractivity contribution in [2.75, 3.05) is 7.11 Å². The maximum Gasteiger partial charge on any atom is 0.355 e. The molecule has 0 aliphatic carbocycles. The number of methoxy groups -OCH3 is 1. The van der Waals surface area contributed by atoms with Crippen LogP contribution in [-0.2, 0) is 28.6 Å². The molecule has 1 unspecified atom stereocenters. The molecule has 9 heteroatoms. The molecule has 0 bridgehead atoms. The van der Waals surface area contributed by atoms with E-state index in [4.69, 9.17) is 9.16 Å². The number of rotatable bonds is 4. The van der Waals surface area contributed by atoms with Gasteiger partial charge in [0.2, 0.25) is 5.91 Å². The molecule has 1 fully saturated rings. The van der Waals surface area contributed by atoms with Gasteiger partial charge in [-0.2, -0.15) is 0 Å². The molecule has 0 aromatic rings. The van der Waals surface area contributed by atoms with E-state index in [1.165, 1.54) is 12.0 Å². The molecular weight excluding hydrogens is 378 g/mol. The summed E-state index contributed by atoms with van der Waals surface area (Å²) in [4.78, 5) is 26.7. The lowest BCUT2D eigenvalue weighted by Gasteiger charge is -2.52. The Bertz CT molecular complexity index is 655. The van der Waals surface area contributed by atoms with E-state index in [1.807, 2.05) is 6.92 Å². The van der Waals surface area contributed by atoms with Gasteiger partial charge in [-0.05, 0) is 42.8 Å². The molecule has 0 spiro atoms. The van der Waals surface area contributed by atoms with Crippen LogP contribution >= 0.6 is 10.8 Å². The Balaban J connectivity index is 2.27. The third-order valence-electron chi connectivity index (χ3n) is 5.23. The number of allylic oxidation sites excluding steroid dienone is 1. The molecule has 142 valence electrons. The minimum absolute atomic E-state index is 0.0158. The highest BCUT2D eigenvalue weighted by Crippen LogP contribution is 2.48. The fourth-order valence-corrected chi connectivity index (χ4v) is 7.68. The average molecular weight is 406 g/mol. The van der Waals surface area contributed by atoms with Gasteiger partial charge in [0.15, 0.2) is 8.32 Å². The first-order valence-corrected chi connectivity index (χ1v) is 13.7. The zero-order chi connectivity index (χ0) is 19.3. The molecule has 0 aromatic carbocycles. The van der Waals surface area contributed by atoms with E-state index < -0.39 is 35.4 Å². The van der Waals surface area contributed by atoms with E-state index in [2.05, 4.69) is 33.9 Å². The van der Waals surface area contributed by atoms with E-state index in [-0.39, 0.29) is 22.7 Å². The number of esters is 1. The van der Waals surface area contributed by atoms with Crippen molar-refractivity contribution >= 4 is 40.8 Å². The highest BCUT2D eigenvalue weighted by atomic mass is 33.1. The third-order valence-corrected chi connectivity index (χ3v) is 13.1. The molecule has 25 heavy (non-hydrogen) atoms. The first-order valence-electron chi connectivity index (χ1n) is 8.22. The zero-order valence-electron chi connectivity index (χ0n) is 16.0. The Morgan fingerprint density at radius 2 is 1.92 bits per heavy atom. The van der Waals surface area contributed by atoms with Crippen molar-refractivity contribution in [3.8, 4) is 0 Å². The quantitative estimate of drug-likeness (QED) is 0.310. The highest BCUT2D eigenvalue weighted by molar-refractivity contribution is 8.71. The Morgan fingerprint density at radius 1 is 1.36 bits per heavy atom. The predicted molar refractivity (Wildman–Crippen MR) is 102 cm³/mol. The van der Waals surface area contributed by atoms with Gasteiger partial charge in [-0.15, -0.1) is 0 Å². The monoisotopic (exact) mass is 405 g/mol. The Kier molecular flexibility index (Phi) is 5.64. The number of nitrogens with zero attached hydrogens (tertiary/aromatic N) is 1. The van der Waals surface area contributed by atoms with Crippen molar-refractivity contribution < 1.29 is 23.0 Å². The van der Waals surface area contributed by atoms with E-state index in [9.17, 15) is 13.8 Å². The summed E-state index contributed by atoms with van der Waals surface area (Å²) in [6.45, 7) is 14.2. The molecule has 4 atom stereocenters. The molecular formula is C16H27NO5S2Si. The van der Waals surface area contributed by atoms with Crippen molar-refractivity contribution in [3.63, 3.8) is 0 Å². The molecule has 1 saturated heterocycles. The summed E-state index contributed by atoms with van der Waals surface area (Å²) in [7, 11) is -0.995. The van der Waals surface area contributed by atoms with Crippen LogP contribution in [0.15, 0.2) is 10.6 Å². The summed E-state index contributed by atoms with van der Waals surface area (Å²) in [6.07, 6.45) is -0.350. The van der Waals surface area contributed by atoms with Gasteiger partial charge < -0.3 is 9.16 Å². The number of fused-ring (bicyclic) bond motifs is 1. The Hall–Kier alpha value is -0.643. The summed E-state index contributed by atoms with van der Waals surface area (Å²) >= 11 is 0. The number of hydrogen-bond acceptors (Lipinski definition) is 6. The second kappa shape index (κ2) is 6.83. The average Bonchev–Trinajstić information content (AvgIpc) is 2.45. The van der Waals surface area contributed by atoms with Crippen LogP contribution in [0.3, 0.4) is 0 Å². The lowest BCUT2D eigenvalue weighted by atomic mass is 9.92. The molecule has 1 amide bonds. The second-order valence-electron chi connectivity index (χ2n) is 7.95. The maximum absolute atomic E-state index is 12.8. The van der Waals surface area contributed by atoms with Gasteiger partial charge in [0.25, 0.3) is 0 Å². The van der Waals surface area contributed by atoms with Crippen LogP contribution in [0.2, 0.25) is 18.1 Å². The first-order chi connectivity index (χ1) is 11.3. The normalized spacial score (nSPS) is 28.4. The van der Waals surface area contributed by atoms with Crippen LogP contribution in [0.25, 0.3) is 0 Å². The van der Waals surface area contributed by atoms with Crippen LogP contribution in [0.1, 0.15) is 34.6 Å². The second-order valence-corrected chi connectivity index (χ2v) is 16.0. The summed E-state index contributed by atoms with van der Waals surface area (Å²) in [5, 5.41) is -0.530. The summed E-state index contributed by atoms with van der Waals surface area (Å²) < 4.78 is 23.7. The molecule has 0 aromatic heterocycles. The standard InChI is InChI=1S/C16H27NO5S2Si/c1-9(22-25(7,8)16(3,4)5)11-13(18)17-12(15(19)21-6)10(2)23-24(20)14(11)17/h9,11,14H,1-8H3/t9-,11-,14-,24?/m1/s1. The minimum atomic E-state index is -2.06. The van der Waals surface area contributed by atoms with Crippen molar-refractivity contribution in [2.45, 2.75) is 64.2 Å². The Morgan fingerprint density at radius 3 is 2.40 bits per heavy atom. The maximum atomic E-state index is 12.8. The van der Waals surface area contributed by atoms with E-state index in [0.717, 1.165) is 10.8 Å². The fourth-order valence-electron chi connectivity index (χ4n) is 2.80. The van der Waals surface area contributed by atoms with E-state index >= 15 is 0 Å². The lowest BCUT2D eigenvalue weighted by molar-refractivity contribution is -0.157. The summed E-state index contributed by atoms with van der Waals surface area (Å²) in [5.74, 6) is -1.30. The number of amides is 1. The third kappa shape index (κ3) is 3.48. The fraction of sp³-hybridized carbons (Fsp3) is 0.750. The number of carbonyl (C=O) groups is 2. The van der Waals surface area contributed by atoms with Gasteiger partial charge in [0, 0.05) is 4.91 Å². The van der Waals surface area contributed by atoms with Crippen LogP contribution in [0.4, 0.5) is 0 Å². The largest absolute Gasteiger partial charge is 0.464 e. The van der Waals surface area contributed by atoms with Gasteiger partial charge >= 0.3 is 5.97 Å². The van der Waals surface area contributed by atoms with Gasteiger partial charge in [-0.25, -0.2) is 9.00 Å². The van der Waals surface area contributed by atoms with Gasteiger partial charge in [0.1, 0.15) is 20.9 Å². The zero-order valence-corrected chi connectivity index (χ0v) is 18.7. The van der Waals surface area contributed by atoms with Crippen LogP contribution in [0, 0.1) is 5.92 Å². The molecule has 2 heterocycles. The van der Waals surface area contributed by atoms with E-state index in [1.54, 1.807) is 6.92 Å². The topological polar surface area (TPSA) is 72.9 Å². The van der Waals surface area contributed by atoms with Crippen LogP contribution < -0.4 is 0 Å².